The molecule has 2 rings (SSSR count). The number of rotatable bonds is 13. The van der Waals surface area contributed by atoms with Crippen molar-refractivity contribution in [3.8, 4) is 5.75 Å². The third-order valence-corrected chi connectivity index (χ3v) is 4.54. The van der Waals surface area contributed by atoms with Crippen LogP contribution < -0.4 is 20.7 Å². The van der Waals surface area contributed by atoms with Crippen molar-refractivity contribution in [2.75, 3.05) is 33.4 Å². The van der Waals surface area contributed by atoms with Crippen molar-refractivity contribution in [2.24, 2.45) is 4.99 Å². The molecule has 1 aliphatic rings. The van der Waals surface area contributed by atoms with Gasteiger partial charge in [-0.15, -0.1) is 24.0 Å². The second-order valence-corrected chi connectivity index (χ2v) is 7.37. The van der Waals surface area contributed by atoms with E-state index < -0.39 is 0 Å². The first-order chi connectivity index (χ1) is 14.1. The van der Waals surface area contributed by atoms with Crippen LogP contribution in [0.1, 0.15) is 50.2 Å². The minimum Gasteiger partial charge on any atom is -0.493 e. The van der Waals surface area contributed by atoms with Crippen LogP contribution >= 0.6 is 24.0 Å². The lowest BCUT2D eigenvalue weighted by molar-refractivity contribution is -0.121. The molecule has 0 saturated heterocycles. The van der Waals surface area contributed by atoms with E-state index in [1.165, 1.54) is 0 Å². The summed E-state index contributed by atoms with van der Waals surface area (Å²) in [5.74, 6) is 1.77. The number of ether oxygens (including phenoxy) is 2. The summed E-state index contributed by atoms with van der Waals surface area (Å²) in [5, 5.41) is 9.58. The van der Waals surface area contributed by atoms with Crippen molar-refractivity contribution >= 4 is 35.8 Å². The Bertz CT molecular complexity index is 666. The highest BCUT2D eigenvalue weighted by molar-refractivity contribution is 14.0. The Hall–Kier alpha value is -1.55. The molecule has 0 spiro atoms. The molecule has 0 heterocycles. The summed E-state index contributed by atoms with van der Waals surface area (Å²) < 4.78 is 11.0. The third kappa shape index (κ3) is 11.0. The van der Waals surface area contributed by atoms with Crippen LogP contribution in [-0.4, -0.2) is 51.3 Å². The van der Waals surface area contributed by atoms with Gasteiger partial charge < -0.3 is 25.4 Å². The van der Waals surface area contributed by atoms with Gasteiger partial charge in [0.2, 0.25) is 5.91 Å². The molecule has 30 heavy (non-hydrogen) atoms. The van der Waals surface area contributed by atoms with Gasteiger partial charge in [-0.3, -0.25) is 4.79 Å². The molecule has 1 aromatic rings. The number of benzene rings is 1. The SMILES string of the molecule is CCNC(=NCc1ccc(C)cc1OCCCOC)NCCCC(=O)NC1CC1.I. The van der Waals surface area contributed by atoms with Crippen LogP contribution in [0.15, 0.2) is 23.2 Å². The quantitative estimate of drug-likeness (QED) is 0.157. The summed E-state index contributed by atoms with van der Waals surface area (Å²) in [6, 6.07) is 6.62. The predicted molar refractivity (Wildman–Crippen MR) is 132 cm³/mol. The van der Waals surface area contributed by atoms with E-state index in [-0.39, 0.29) is 29.9 Å². The van der Waals surface area contributed by atoms with Gasteiger partial charge in [-0.05, 0) is 44.7 Å². The average Bonchev–Trinajstić information content (AvgIpc) is 3.51. The maximum absolute atomic E-state index is 11.8. The molecule has 3 N–H and O–H groups in total. The lowest BCUT2D eigenvalue weighted by atomic mass is 10.1. The topological polar surface area (TPSA) is 84.0 Å². The molecule has 1 aliphatic carbocycles. The number of halogens is 1. The van der Waals surface area contributed by atoms with E-state index >= 15 is 0 Å². The number of carbonyl (C=O) groups excluding carboxylic acids is 1. The smallest absolute Gasteiger partial charge is 0.220 e. The van der Waals surface area contributed by atoms with Gasteiger partial charge in [0.15, 0.2) is 5.96 Å². The van der Waals surface area contributed by atoms with Crippen molar-refractivity contribution in [3.63, 3.8) is 0 Å². The van der Waals surface area contributed by atoms with E-state index in [9.17, 15) is 4.79 Å². The Morgan fingerprint density at radius 1 is 1.20 bits per heavy atom. The van der Waals surface area contributed by atoms with Gasteiger partial charge >= 0.3 is 0 Å². The predicted octanol–water partition coefficient (Wildman–Crippen LogP) is 3.14. The first-order valence-electron chi connectivity index (χ1n) is 10.6. The van der Waals surface area contributed by atoms with Crippen LogP contribution in [-0.2, 0) is 16.1 Å². The van der Waals surface area contributed by atoms with E-state index in [4.69, 9.17) is 9.47 Å². The lowest BCUT2D eigenvalue weighted by Crippen LogP contribution is -2.38. The van der Waals surface area contributed by atoms with Gasteiger partial charge in [-0.1, -0.05) is 12.1 Å². The number of nitrogens with one attached hydrogen (secondary N) is 3. The van der Waals surface area contributed by atoms with Crippen LogP contribution in [0.5, 0.6) is 5.75 Å². The molecule has 0 atom stereocenters. The normalized spacial score (nSPS) is 13.4. The molecule has 1 amide bonds. The summed E-state index contributed by atoms with van der Waals surface area (Å²) in [4.78, 5) is 16.4. The molecular formula is C22H37IN4O3. The van der Waals surface area contributed by atoms with Gasteiger partial charge in [0.05, 0.1) is 13.2 Å². The average molecular weight is 532 g/mol. The molecule has 1 fully saturated rings. The summed E-state index contributed by atoms with van der Waals surface area (Å²) in [7, 11) is 1.70. The molecule has 0 bridgehead atoms. The van der Waals surface area contributed by atoms with Crippen LogP contribution in [0.2, 0.25) is 0 Å². The number of nitrogens with zero attached hydrogens (tertiary/aromatic N) is 1. The minimum absolute atomic E-state index is 0. The number of aryl methyl sites for hydroxylation is 1. The largest absolute Gasteiger partial charge is 0.493 e. The van der Waals surface area contributed by atoms with Crippen LogP contribution in [0.25, 0.3) is 0 Å². The molecule has 0 aromatic heterocycles. The Labute approximate surface area is 197 Å². The molecule has 170 valence electrons. The van der Waals surface area contributed by atoms with Gasteiger partial charge in [-0.2, -0.15) is 0 Å². The van der Waals surface area contributed by atoms with Gasteiger partial charge in [0.1, 0.15) is 5.75 Å². The number of hydrogen-bond donors (Lipinski definition) is 3. The molecular weight excluding hydrogens is 495 g/mol. The molecule has 7 nitrogen and oxygen atoms in total. The lowest BCUT2D eigenvalue weighted by Gasteiger charge is -2.14. The zero-order valence-electron chi connectivity index (χ0n) is 18.5. The molecule has 1 saturated carbocycles. The van der Waals surface area contributed by atoms with Crippen LogP contribution in [0, 0.1) is 6.92 Å². The second-order valence-electron chi connectivity index (χ2n) is 7.37. The van der Waals surface area contributed by atoms with Crippen molar-refractivity contribution in [2.45, 2.75) is 58.5 Å². The summed E-state index contributed by atoms with van der Waals surface area (Å²) in [6.45, 7) is 7.41. The van der Waals surface area contributed by atoms with E-state index in [1.54, 1.807) is 7.11 Å². The van der Waals surface area contributed by atoms with Gasteiger partial charge in [0, 0.05) is 51.3 Å². The highest BCUT2D eigenvalue weighted by atomic mass is 127. The number of carbonyl (C=O) groups is 1. The summed E-state index contributed by atoms with van der Waals surface area (Å²) in [5.41, 5.74) is 2.21. The summed E-state index contributed by atoms with van der Waals surface area (Å²) >= 11 is 0. The Kier molecular flexibility index (Phi) is 13.5. The van der Waals surface area contributed by atoms with Crippen LogP contribution in [0.4, 0.5) is 0 Å². The highest BCUT2D eigenvalue weighted by Crippen LogP contribution is 2.21. The fourth-order valence-corrected chi connectivity index (χ4v) is 2.80. The van der Waals surface area contributed by atoms with Crippen molar-refractivity contribution in [1.82, 2.24) is 16.0 Å². The van der Waals surface area contributed by atoms with Crippen molar-refractivity contribution in [1.29, 1.82) is 0 Å². The standard InChI is InChI=1S/C22H36N4O3.HI/c1-4-23-22(24-12-5-7-21(27)26-19-10-11-19)25-16-18-9-8-17(2)15-20(18)29-14-6-13-28-3;/h8-9,15,19H,4-7,10-14,16H2,1-3H3,(H,26,27)(H2,23,24,25);1H. The Morgan fingerprint density at radius 3 is 2.70 bits per heavy atom. The fraction of sp³-hybridized carbons (Fsp3) is 0.636. The second kappa shape index (κ2) is 15.3. The zero-order chi connectivity index (χ0) is 20.9. The zero-order valence-corrected chi connectivity index (χ0v) is 20.8. The highest BCUT2D eigenvalue weighted by Gasteiger charge is 2.22. The first-order valence-corrected chi connectivity index (χ1v) is 10.6. The Balaban J connectivity index is 0.00000450. The number of guanidine groups is 1. The van der Waals surface area contributed by atoms with E-state index in [2.05, 4.69) is 46.1 Å². The van der Waals surface area contributed by atoms with E-state index in [0.29, 0.717) is 38.8 Å². The molecule has 8 heteroatoms. The number of hydrogen-bond acceptors (Lipinski definition) is 4. The number of amides is 1. The van der Waals surface area contributed by atoms with E-state index in [0.717, 1.165) is 55.1 Å². The first kappa shape index (κ1) is 26.5. The van der Waals surface area contributed by atoms with Crippen molar-refractivity contribution in [3.05, 3.63) is 29.3 Å². The fourth-order valence-electron chi connectivity index (χ4n) is 2.80. The molecule has 0 radical (unpaired) electrons. The maximum Gasteiger partial charge on any atom is 0.220 e. The number of methoxy groups -OCH3 is 1. The minimum atomic E-state index is 0. The molecule has 1 aromatic carbocycles. The summed E-state index contributed by atoms with van der Waals surface area (Å²) in [6.07, 6.45) is 4.42. The third-order valence-electron chi connectivity index (χ3n) is 4.54. The van der Waals surface area contributed by atoms with Crippen molar-refractivity contribution < 1.29 is 14.3 Å². The Morgan fingerprint density at radius 2 is 2.00 bits per heavy atom. The van der Waals surface area contributed by atoms with Crippen LogP contribution in [0.3, 0.4) is 0 Å². The van der Waals surface area contributed by atoms with Gasteiger partial charge in [0.25, 0.3) is 0 Å². The maximum atomic E-state index is 11.8. The molecule has 0 unspecified atom stereocenters. The van der Waals surface area contributed by atoms with Gasteiger partial charge in [-0.25, -0.2) is 4.99 Å². The van der Waals surface area contributed by atoms with E-state index in [1.807, 2.05) is 6.92 Å². The molecule has 0 aliphatic heterocycles. The monoisotopic (exact) mass is 532 g/mol. The number of aliphatic imine (C=N–C) groups is 1.